The van der Waals surface area contributed by atoms with Crippen molar-refractivity contribution in [3.05, 3.63) is 337 Å². The van der Waals surface area contributed by atoms with Gasteiger partial charge in [0, 0.05) is 92.6 Å². The molecule has 16 rings (SSSR count). The van der Waals surface area contributed by atoms with Crippen LogP contribution in [0.15, 0.2) is 250 Å². The Bertz CT molecular complexity index is 6850. The summed E-state index contributed by atoms with van der Waals surface area (Å²) in [6.07, 6.45) is -5.00. The third-order valence-electron chi connectivity index (χ3n) is 23.1. The Hall–Kier alpha value is -15.3. The number of aryl methyl sites for hydroxylation is 5. The molecular formula is C108H107F13N16O10S2. The number of halogens is 13. The minimum Gasteiger partial charge on any atom is -0.418 e. The van der Waals surface area contributed by atoms with E-state index in [1.807, 2.05) is 131 Å². The molecule has 0 bridgehead atoms. The number of rotatable bonds is 33. The molecule has 149 heavy (non-hydrogen) atoms. The Kier molecular flexibility index (Phi) is 39.9. The van der Waals surface area contributed by atoms with E-state index in [9.17, 15) is 81.0 Å². The van der Waals surface area contributed by atoms with Crippen LogP contribution >= 0.6 is 22.7 Å². The Morgan fingerprint density at radius 1 is 0.369 bits per heavy atom. The average molecular weight is 2100 g/mol. The van der Waals surface area contributed by atoms with Crippen LogP contribution in [0.2, 0.25) is 0 Å². The van der Waals surface area contributed by atoms with E-state index in [4.69, 9.17) is 13.3 Å². The molecule has 0 radical (unpaired) electrons. The number of amides is 5. The van der Waals surface area contributed by atoms with Gasteiger partial charge in [0.05, 0.1) is 23.2 Å². The topological polar surface area (TPSA) is 345 Å². The Morgan fingerprint density at radius 3 is 1.13 bits per heavy atom. The number of ether oxygens (including phenoxy) is 2. The van der Waals surface area contributed by atoms with Crippen LogP contribution in [0.25, 0.3) is 55.5 Å². The second kappa shape index (κ2) is 52.9. The zero-order valence-corrected chi connectivity index (χ0v) is 84.0. The largest absolute Gasteiger partial charge is 0.573 e. The molecule has 0 spiro atoms. The summed E-state index contributed by atoms with van der Waals surface area (Å²) in [5.41, 5.74) is 9.74. The first kappa shape index (κ1) is 112. The van der Waals surface area contributed by atoms with Crippen molar-refractivity contribution in [1.82, 2.24) is 82.6 Å². The standard InChI is InChI=1S/C26H28F3N3O2S.C23H24F3N3O2S.C22H19F6N3O2.C19H18FN3O2.C18H18N4O2/c1-2-17-8-6-9-18(14-17)15-22(30-23(33)19-10-4-3-5-11-19)25-32-31-24(35-25)20-12-7-13-21(16-20)34-26(27,28)29;1-3-7-20(30)27-19(13-16-9-5-8-15(4-2)12-16)22-29-28-21(32-22)17-10-6-11-18(14-17)31-23(24,25)26;1-3-13-4-6-14(7-5-13)8-18(29-12(2)32)20-31-30-19(33-20)15-9-16(21(23,24)25)11-17(10-15)22(26,27)28;1-12-3-5-14(6-4-12)11-17(21-13(2)24)19-23-22-18(25-19)15-7-9-16(20)10-8-15;1-12-3-5-14(6-4-12)11-16(20-13(2)23)18-22-21-17(24-18)15-7-9-19-10-8-15/h6-9,12-14,16,19,22H,2-5,10-11,15H2,1H3,(H,30,33);5-6,8-12,14,19H,3-4,7,13H2,1-2H3,(H,27,30);4-7,9-11,18H,3,8H2,1-2H3,(H,29,32);3-10,17H,11H2,1-2H3,(H,21,24);3-10,16H,11H2,1-2H3,(H,20,23). The van der Waals surface area contributed by atoms with E-state index >= 15 is 0 Å². The summed E-state index contributed by atoms with van der Waals surface area (Å²) in [6, 6.07) is 59.3. The number of benzene rings is 9. The van der Waals surface area contributed by atoms with Crippen LogP contribution in [0.5, 0.6) is 11.5 Å². The molecule has 41 heteroatoms. The van der Waals surface area contributed by atoms with Crippen molar-refractivity contribution < 1.29 is 104 Å². The smallest absolute Gasteiger partial charge is 0.418 e. The summed E-state index contributed by atoms with van der Waals surface area (Å²) in [7, 11) is 0. The van der Waals surface area contributed by atoms with Crippen molar-refractivity contribution in [1.29, 1.82) is 0 Å². The number of aromatic nitrogens is 11. The number of nitrogens with zero attached hydrogens (tertiary/aromatic N) is 11. The van der Waals surface area contributed by atoms with Crippen LogP contribution in [0.4, 0.5) is 57.1 Å². The van der Waals surface area contributed by atoms with Crippen molar-refractivity contribution in [2.24, 2.45) is 5.92 Å². The van der Waals surface area contributed by atoms with Crippen LogP contribution in [0, 0.1) is 25.6 Å². The number of carbonyl (C=O) groups excluding carboxylic acids is 5. The number of alkyl halides is 12. The number of pyridine rings is 1. The summed E-state index contributed by atoms with van der Waals surface area (Å²) >= 11 is 2.50. The molecule has 1 fully saturated rings. The van der Waals surface area contributed by atoms with Gasteiger partial charge in [-0.05, 0) is 189 Å². The first-order valence-corrected chi connectivity index (χ1v) is 49.3. The molecule has 0 saturated heterocycles. The van der Waals surface area contributed by atoms with Crippen LogP contribution < -0.4 is 36.1 Å². The predicted octanol–water partition coefficient (Wildman–Crippen LogP) is 24.7. The van der Waals surface area contributed by atoms with Crippen LogP contribution in [0.1, 0.15) is 218 Å². The molecular weight excluding hydrogens is 1990 g/mol. The molecule has 5 unspecified atom stereocenters. The zero-order chi connectivity index (χ0) is 107. The molecule has 6 aromatic heterocycles. The zero-order valence-electron chi connectivity index (χ0n) is 82.3. The van der Waals surface area contributed by atoms with Gasteiger partial charge >= 0.3 is 25.1 Å². The lowest BCUT2D eigenvalue weighted by molar-refractivity contribution is -0.275. The van der Waals surface area contributed by atoms with Crippen LogP contribution in [0.3, 0.4) is 0 Å². The van der Waals surface area contributed by atoms with Gasteiger partial charge in [0.25, 0.3) is 0 Å². The van der Waals surface area contributed by atoms with Crippen molar-refractivity contribution in [3.63, 3.8) is 0 Å². The van der Waals surface area contributed by atoms with E-state index in [0.29, 0.717) is 98.6 Å². The van der Waals surface area contributed by atoms with Gasteiger partial charge in [-0.2, -0.15) is 26.3 Å². The summed E-state index contributed by atoms with van der Waals surface area (Å²) in [5, 5.41) is 57.2. The fourth-order valence-corrected chi connectivity index (χ4v) is 17.4. The predicted molar refractivity (Wildman–Crippen MR) is 532 cm³/mol. The minimum absolute atomic E-state index is 0.00295. The average Bonchev–Trinajstić information content (AvgIpc) is 1.73. The Morgan fingerprint density at radius 2 is 0.738 bits per heavy atom. The van der Waals surface area contributed by atoms with E-state index in [0.717, 1.165) is 102 Å². The highest BCUT2D eigenvalue weighted by Gasteiger charge is 2.39. The maximum atomic E-state index is 13.1. The monoisotopic (exact) mass is 2100 g/mol. The van der Waals surface area contributed by atoms with Gasteiger partial charge in [0.2, 0.25) is 64.9 Å². The summed E-state index contributed by atoms with van der Waals surface area (Å²) in [6.45, 7) is 16.3. The highest BCUT2D eigenvalue weighted by molar-refractivity contribution is 7.15. The fraction of sp³-hybridized carbons (Fsp3) is 0.315. The van der Waals surface area contributed by atoms with Crippen LogP contribution in [-0.4, -0.2) is 98.2 Å². The third kappa shape index (κ3) is 35.5. The number of hydrogen-bond acceptors (Lipinski definition) is 23. The van der Waals surface area contributed by atoms with Crippen molar-refractivity contribution in [2.75, 3.05) is 0 Å². The number of hydrogen-bond donors (Lipinski definition) is 5. The first-order valence-electron chi connectivity index (χ1n) is 47.7. The molecule has 5 atom stereocenters. The third-order valence-corrected chi connectivity index (χ3v) is 25.3. The maximum absolute atomic E-state index is 13.1. The molecule has 5 amide bonds. The molecule has 1 aliphatic rings. The summed E-state index contributed by atoms with van der Waals surface area (Å²) in [4.78, 5) is 64.1. The lowest BCUT2D eigenvalue weighted by Gasteiger charge is -2.24. The molecule has 1 aliphatic carbocycles. The molecule has 1 saturated carbocycles. The fourth-order valence-electron chi connectivity index (χ4n) is 15.7. The maximum Gasteiger partial charge on any atom is 0.573 e. The highest BCUT2D eigenvalue weighted by Crippen LogP contribution is 2.42. The highest BCUT2D eigenvalue weighted by atomic mass is 32.1. The molecule has 782 valence electrons. The number of nitrogens with one attached hydrogen (secondary N) is 5. The van der Waals surface area contributed by atoms with Gasteiger partial charge in [0.15, 0.2) is 0 Å². The molecule has 26 nitrogen and oxygen atoms in total. The Balaban J connectivity index is 0.000000166. The molecule has 5 N–H and O–H groups in total. The van der Waals surface area contributed by atoms with Gasteiger partial charge in [-0.15, -0.1) is 77.3 Å². The van der Waals surface area contributed by atoms with Crippen molar-refractivity contribution >= 4 is 52.2 Å². The van der Waals surface area contributed by atoms with E-state index in [2.05, 4.69) is 124 Å². The number of carbonyl (C=O) groups is 5. The molecule has 9 aromatic carbocycles. The van der Waals surface area contributed by atoms with E-state index in [1.165, 1.54) is 109 Å². The second-order valence-corrected chi connectivity index (χ2v) is 37.0. The lowest BCUT2D eigenvalue weighted by Crippen LogP contribution is -2.35. The SMILES string of the molecule is CC(=O)NC(Cc1ccc(C)cc1)c1nnc(-c2ccc(F)cc2)o1.CC(=O)NC(Cc1ccc(C)cc1)c1nnc(-c2ccncc2)o1.CCCC(=O)NC(Cc1cccc(CC)c1)c1nnc(-c2cccc(OC(F)(F)F)c2)s1.CCc1ccc(CC(NC(C)=O)c2nnc(-c3cc(C(F)(F)F)cc(C(F)(F)F)c3)o2)cc1.CCc1cccc(CC(NC(=O)C2CCCCC2)c2nnc(-c3cccc(OC(F)(F)F)c3)s2)c1. The van der Waals surface area contributed by atoms with E-state index < -0.39 is 65.6 Å². The molecule has 6 heterocycles. The quantitative estimate of drug-likeness (QED) is 0.0239. The van der Waals surface area contributed by atoms with Gasteiger partial charge in [-0.25, -0.2) is 4.39 Å². The van der Waals surface area contributed by atoms with E-state index in [1.54, 1.807) is 48.8 Å². The van der Waals surface area contributed by atoms with Gasteiger partial charge < -0.3 is 49.3 Å². The second-order valence-electron chi connectivity index (χ2n) is 35.0. The van der Waals surface area contributed by atoms with E-state index in [-0.39, 0.29) is 89.3 Å². The lowest BCUT2D eigenvalue weighted by atomic mass is 9.88. The van der Waals surface area contributed by atoms with Crippen molar-refractivity contribution in [3.8, 4) is 67.0 Å². The molecule has 0 aliphatic heterocycles. The Labute approximate surface area is 857 Å². The molecule has 15 aromatic rings. The van der Waals surface area contributed by atoms with Gasteiger partial charge in [-0.1, -0.05) is 226 Å². The van der Waals surface area contributed by atoms with Gasteiger partial charge in [-0.3, -0.25) is 29.0 Å². The van der Waals surface area contributed by atoms with Crippen molar-refractivity contribution in [2.45, 2.75) is 214 Å². The first-order chi connectivity index (χ1) is 71.1. The summed E-state index contributed by atoms with van der Waals surface area (Å²) < 4.78 is 192. The van der Waals surface area contributed by atoms with Gasteiger partial charge in [0.1, 0.15) is 55.5 Å². The van der Waals surface area contributed by atoms with Crippen LogP contribution in [-0.2, 0) is 87.7 Å². The minimum atomic E-state index is -5.01. The summed E-state index contributed by atoms with van der Waals surface area (Å²) in [5.74, 6) is -1.06. The normalized spacial score (nSPS) is 13.1.